The normalized spacial score (nSPS) is 11.1. The summed E-state index contributed by atoms with van der Waals surface area (Å²) in [7, 11) is 1.62. The van der Waals surface area contributed by atoms with Crippen LogP contribution >= 0.6 is 0 Å². The Morgan fingerprint density at radius 2 is 2.06 bits per heavy atom. The van der Waals surface area contributed by atoms with Crippen LogP contribution in [0.2, 0.25) is 0 Å². The zero-order valence-electron chi connectivity index (χ0n) is 10.5. The summed E-state index contributed by atoms with van der Waals surface area (Å²) in [5.74, 6) is 0. The predicted molar refractivity (Wildman–Crippen MR) is 65.8 cm³/mol. The Labute approximate surface area is 106 Å². The van der Waals surface area contributed by atoms with E-state index >= 15 is 0 Å². The van der Waals surface area contributed by atoms with E-state index in [-0.39, 0.29) is 5.56 Å². The van der Waals surface area contributed by atoms with Crippen molar-refractivity contribution in [1.29, 1.82) is 0 Å². The van der Waals surface area contributed by atoms with E-state index in [1.807, 2.05) is 6.07 Å². The highest BCUT2D eigenvalue weighted by Crippen LogP contribution is 2.19. The van der Waals surface area contributed by atoms with E-state index < -0.39 is 6.43 Å². The van der Waals surface area contributed by atoms with E-state index in [2.05, 4.69) is 5.32 Å². The molecular weight excluding hydrogens is 240 g/mol. The van der Waals surface area contributed by atoms with E-state index in [1.165, 1.54) is 12.1 Å². The molecule has 0 unspecified atom stereocenters. The molecule has 0 fully saturated rings. The van der Waals surface area contributed by atoms with Crippen LogP contribution in [-0.4, -0.2) is 33.5 Å². The Kier molecular flexibility index (Phi) is 7.48. The van der Waals surface area contributed by atoms with E-state index in [4.69, 9.17) is 9.47 Å². The summed E-state index contributed by atoms with van der Waals surface area (Å²) in [4.78, 5) is 0. The van der Waals surface area contributed by atoms with Gasteiger partial charge in [-0.15, -0.1) is 0 Å². The summed E-state index contributed by atoms with van der Waals surface area (Å²) in [6.45, 7) is 2.98. The van der Waals surface area contributed by atoms with Crippen molar-refractivity contribution in [2.75, 3.05) is 33.5 Å². The van der Waals surface area contributed by atoms with Gasteiger partial charge in [0, 0.05) is 25.8 Å². The first kappa shape index (κ1) is 15.0. The fourth-order valence-electron chi connectivity index (χ4n) is 1.46. The standard InChI is InChI=1S/C13H19F2NO2/c1-17-7-8-18-6-5-16-10-11-3-2-4-12(9-11)13(14)15/h2-4,9,13,16H,5-8,10H2,1H3. The van der Waals surface area contributed by atoms with Gasteiger partial charge in [0.05, 0.1) is 19.8 Å². The number of methoxy groups -OCH3 is 1. The molecule has 0 radical (unpaired) electrons. The molecular formula is C13H19F2NO2. The van der Waals surface area contributed by atoms with Crippen molar-refractivity contribution < 1.29 is 18.3 Å². The van der Waals surface area contributed by atoms with Crippen molar-refractivity contribution in [3.05, 3.63) is 35.4 Å². The molecule has 0 aromatic heterocycles. The summed E-state index contributed by atoms with van der Waals surface area (Å²) < 4.78 is 35.0. The number of rotatable bonds is 9. The van der Waals surface area contributed by atoms with Gasteiger partial charge in [-0.25, -0.2) is 8.78 Å². The van der Waals surface area contributed by atoms with Gasteiger partial charge in [-0.05, 0) is 11.6 Å². The molecule has 1 rings (SSSR count). The number of benzene rings is 1. The fraction of sp³-hybridized carbons (Fsp3) is 0.538. The van der Waals surface area contributed by atoms with Gasteiger partial charge >= 0.3 is 0 Å². The van der Waals surface area contributed by atoms with Gasteiger partial charge in [0.1, 0.15) is 0 Å². The maximum absolute atomic E-state index is 12.5. The quantitative estimate of drug-likeness (QED) is 0.691. The predicted octanol–water partition coefficient (Wildman–Crippen LogP) is 2.38. The molecule has 1 N–H and O–H groups in total. The minimum atomic E-state index is -2.41. The SMILES string of the molecule is COCCOCCNCc1cccc(C(F)F)c1. The molecule has 1 aromatic rings. The zero-order valence-corrected chi connectivity index (χ0v) is 10.5. The van der Waals surface area contributed by atoms with Gasteiger partial charge in [0.25, 0.3) is 6.43 Å². The molecule has 0 saturated heterocycles. The third-order valence-corrected chi connectivity index (χ3v) is 2.39. The number of alkyl halides is 2. The topological polar surface area (TPSA) is 30.5 Å². The summed E-state index contributed by atoms with van der Waals surface area (Å²) >= 11 is 0. The second kappa shape index (κ2) is 8.97. The number of hydrogen-bond donors (Lipinski definition) is 1. The molecule has 0 amide bonds. The van der Waals surface area contributed by atoms with Crippen LogP contribution in [0.5, 0.6) is 0 Å². The highest BCUT2D eigenvalue weighted by Gasteiger charge is 2.06. The van der Waals surface area contributed by atoms with Crippen molar-refractivity contribution >= 4 is 0 Å². The molecule has 0 heterocycles. The minimum absolute atomic E-state index is 0.0608. The van der Waals surface area contributed by atoms with Crippen LogP contribution in [0.4, 0.5) is 8.78 Å². The van der Waals surface area contributed by atoms with E-state index in [0.717, 1.165) is 5.56 Å². The Balaban J connectivity index is 2.17. The lowest BCUT2D eigenvalue weighted by atomic mass is 10.1. The first-order valence-electron chi connectivity index (χ1n) is 5.88. The van der Waals surface area contributed by atoms with Crippen LogP contribution < -0.4 is 5.32 Å². The largest absolute Gasteiger partial charge is 0.382 e. The van der Waals surface area contributed by atoms with Gasteiger partial charge in [-0.2, -0.15) is 0 Å². The van der Waals surface area contributed by atoms with Gasteiger partial charge in [0.2, 0.25) is 0 Å². The number of halogens is 2. The molecule has 0 bridgehead atoms. The second-order valence-electron chi connectivity index (χ2n) is 3.83. The lowest BCUT2D eigenvalue weighted by Crippen LogP contribution is -2.20. The maximum atomic E-state index is 12.5. The number of hydrogen-bond acceptors (Lipinski definition) is 3. The van der Waals surface area contributed by atoms with Crippen molar-refractivity contribution in [2.24, 2.45) is 0 Å². The Bertz CT molecular complexity index is 335. The Morgan fingerprint density at radius 3 is 2.78 bits per heavy atom. The number of nitrogens with one attached hydrogen (secondary N) is 1. The second-order valence-corrected chi connectivity index (χ2v) is 3.83. The molecule has 102 valence electrons. The molecule has 5 heteroatoms. The van der Waals surface area contributed by atoms with Crippen LogP contribution in [0.25, 0.3) is 0 Å². The smallest absolute Gasteiger partial charge is 0.263 e. The lowest BCUT2D eigenvalue weighted by Gasteiger charge is -2.07. The molecule has 0 aliphatic carbocycles. The third-order valence-electron chi connectivity index (χ3n) is 2.39. The minimum Gasteiger partial charge on any atom is -0.382 e. The van der Waals surface area contributed by atoms with Crippen molar-refractivity contribution in [2.45, 2.75) is 13.0 Å². The summed E-state index contributed by atoms with van der Waals surface area (Å²) in [6.07, 6.45) is -2.41. The Morgan fingerprint density at radius 1 is 1.22 bits per heavy atom. The summed E-state index contributed by atoms with van der Waals surface area (Å²) in [6, 6.07) is 6.42. The molecule has 0 atom stereocenters. The molecule has 0 aliphatic rings. The van der Waals surface area contributed by atoms with Gasteiger partial charge in [0.15, 0.2) is 0 Å². The van der Waals surface area contributed by atoms with Crippen molar-refractivity contribution in [3.8, 4) is 0 Å². The average molecular weight is 259 g/mol. The first-order chi connectivity index (χ1) is 8.74. The summed E-state index contributed by atoms with van der Waals surface area (Å²) in [5.41, 5.74) is 0.912. The van der Waals surface area contributed by atoms with E-state index in [1.54, 1.807) is 13.2 Å². The maximum Gasteiger partial charge on any atom is 0.263 e. The van der Waals surface area contributed by atoms with Gasteiger partial charge in [-0.1, -0.05) is 18.2 Å². The first-order valence-corrected chi connectivity index (χ1v) is 5.88. The number of ether oxygens (including phenoxy) is 2. The molecule has 0 aliphatic heterocycles. The van der Waals surface area contributed by atoms with E-state index in [0.29, 0.717) is 32.9 Å². The van der Waals surface area contributed by atoms with Crippen LogP contribution in [-0.2, 0) is 16.0 Å². The zero-order chi connectivity index (χ0) is 13.2. The summed E-state index contributed by atoms with van der Waals surface area (Å²) in [5, 5.41) is 3.13. The van der Waals surface area contributed by atoms with Crippen molar-refractivity contribution in [1.82, 2.24) is 5.32 Å². The Hall–Kier alpha value is -1.04. The molecule has 0 spiro atoms. The van der Waals surface area contributed by atoms with Crippen LogP contribution in [0.1, 0.15) is 17.6 Å². The molecule has 3 nitrogen and oxygen atoms in total. The van der Waals surface area contributed by atoms with Crippen LogP contribution in [0, 0.1) is 0 Å². The van der Waals surface area contributed by atoms with Gasteiger partial charge in [-0.3, -0.25) is 0 Å². The average Bonchev–Trinajstić information content (AvgIpc) is 2.38. The van der Waals surface area contributed by atoms with Gasteiger partial charge < -0.3 is 14.8 Å². The molecule has 1 aromatic carbocycles. The highest BCUT2D eigenvalue weighted by atomic mass is 19.3. The monoisotopic (exact) mass is 259 g/mol. The van der Waals surface area contributed by atoms with Crippen LogP contribution in [0.15, 0.2) is 24.3 Å². The van der Waals surface area contributed by atoms with Crippen molar-refractivity contribution in [3.63, 3.8) is 0 Å². The van der Waals surface area contributed by atoms with Crippen LogP contribution in [0.3, 0.4) is 0 Å². The third kappa shape index (κ3) is 6.05. The molecule has 18 heavy (non-hydrogen) atoms. The fourth-order valence-corrected chi connectivity index (χ4v) is 1.46. The molecule has 0 saturated carbocycles. The highest BCUT2D eigenvalue weighted by molar-refractivity contribution is 5.24. The van der Waals surface area contributed by atoms with E-state index in [9.17, 15) is 8.78 Å². The lowest BCUT2D eigenvalue weighted by molar-refractivity contribution is 0.0719.